The lowest BCUT2D eigenvalue weighted by molar-refractivity contribution is 1.16. The molecule has 3 heterocycles. The maximum absolute atomic E-state index is 12.0. The minimum atomic E-state index is -0.215. The van der Waals surface area contributed by atoms with Crippen LogP contribution in [0.25, 0.3) is 26.2 Å². The predicted octanol–water partition coefficient (Wildman–Crippen LogP) is 3.07. The van der Waals surface area contributed by atoms with Crippen LogP contribution < -0.4 is 5.56 Å². The normalized spacial score (nSPS) is 11.7. The molecule has 0 spiro atoms. The van der Waals surface area contributed by atoms with E-state index >= 15 is 0 Å². The Morgan fingerprint density at radius 2 is 2.00 bits per heavy atom. The first kappa shape index (κ1) is 11.5. The Bertz CT molecular complexity index is 1050. The maximum atomic E-state index is 12.0. The van der Waals surface area contributed by atoms with Crippen molar-refractivity contribution in [3.05, 3.63) is 51.9 Å². The standard InChI is InChI=1S/C15H11N3OS/c1-8-6-11-12(7-9(8)2)20-15-17-14(19)10-4-3-5-16-13(10)18(11)15/h3-7H,1-2H3. The Kier molecular flexibility index (Phi) is 2.23. The molecule has 4 nitrogen and oxygen atoms in total. The van der Waals surface area contributed by atoms with E-state index in [2.05, 4.69) is 35.9 Å². The average molecular weight is 281 g/mol. The summed E-state index contributed by atoms with van der Waals surface area (Å²) < 4.78 is 3.10. The van der Waals surface area contributed by atoms with Crippen LogP contribution in [0.3, 0.4) is 0 Å². The van der Waals surface area contributed by atoms with E-state index in [-0.39, 0.29) is 5.56 Å². The van der Waals surface area contributed by atoms with Crippen molar-refractivity contribution in [1.82, 2.24) is 14.4 Å². The first-order chi connectivity index (χ1) is 9.65. The van der Waals surface area contributed by atoms with E-state index in [0.29, 0.717) is 16.0 Å². The summed E-state index contributed by atoms with van der Waals surface area (Å²) in [5.74, 6) is 0. The van der Waals surface area contributed by atoms with Crippen molar-refractivity contribution in [2.45, 2.75) is 13.8 Å². The van der Waals surface area contributed by atoms with E-state index < -0.39 is 0 Å². The van der Waals surface area contributed by atoms with Gasteiger partial charge in [-0.3, -0.25) is 9.20 Å². The van der Waals surface area contributed by atoms with Crippen molar-refractivity contribution in [1.29, 1.82) is 0 Å². The summed E-state index contributed by atoms with van der Waals surface area (Å²) in [6.45, 7) is 4.18. The zero-order chi connectivity index (χ0) is 13.9. The molecule has 0 saturated heterocycles. The minimum absolute atomic E-state index is 0.215. The van der Waals surface area contributed by atoms with Crippen LogP contribution in [0.2, 0.25) is 0 Å². The highest BCUT2D eigenvalue weighted by Gasteiger charge is 2.12. The Hall–Kier alpha value is -2.27. The van der Waals surface area contributed by atoms with Gasteiger partial charge in [-0.05, 0) is 49.2 Å². The molecule has 0 unspecified atom stereocenters. The smallest absolute Gasteiger partial charge is 0.268 e. The fourth-order valence-corrected chi connectivity index (χ4v) is 3.54. The summed E-state index contributed by atoms with van der Waals surface area (Å²) in [7, 11) is 0. The minimum Gasteiger partial charge on any atom is -0.268 e. The van der Waals surface area contributed by atoms with Crippen molar-refractivity contribution in [3.63, 3.8) is 0 Å². The third-order valence-electron chi connectivity index (χ3n) is 3.63. The molecule has 0 aliphatic carbocycles. The second kappa shape index (κ2) is 3.86. The highest BCUT2D eigenvalue weighted by atomic mass is 32.1. The molecule has 0 aliphatic rings. The summed E-state index contributed by atoms with van der Waals surface area (Å²) in [6.07, 6.45) is 1.71. The van der Waals surface area contributed by atoms with E-state index in [1.54, 1.807) is 18.3 Å². The number of aryl methyl sites for hydroxylation is 2. The summed E-state index contributed by atoms with van der Waals surface area (Å²) in [5.41, 5.74) is 3.98. The van der Waals surface area contributed by atoms with Gasteiger partial charge in [0.15, 0.2) is 10.6 Å². The fourth-order valence-electron chi connectivity index (χ4n) is 2.44. The summed E-state index contributed by atoms with van der Waals surface area (Å²) in [6, 6.07) is 7.81. The topological polar surface area (TPSA) is 47.3 Å². The molecule has 0 atom stereocenters. The third kappa shape index (κ3) is 1.44. The molecule has 0 bridgehead atoms. The lowest BCUT2D eigenvalue weighted by Crippen LogP contribution is -2.09. The number of benzene rings is 1. The van der Waals surface area contributed by atoms with Crippen LogP contribution in [0, 0.1) is 13.8 Å². The number of hydrogen-bond donors (Lipinski definition) is 0. The van der Waals surface area contributed by atoms with Gasteiger partial charge >= 0.3 is 0 Å². The zero-order valence-electron chi connectivity index (χ0n) is 11.0. The second-order valence-corrected chi connectivity index (χ2v) is 5.92. The fraction of sp³-hybridized carbons (Fsp3) is 0.133. The van der Waals surface area contributed by atoms with Crippen molar-refractivity contribution >= 4 is 37.5 Å². The molecule has 0 fully saturated rings. The van der Waals surface area contributed by atoms with Gasteiger partial charge < -0.3 is 0 Å². The maximum Gasteiger partial charge on any atom is 0.283 e. The molecule has 0 amide bonds. The van der Waals surface area contributed by atoms with Crippen molar-refractivity contribution in [2.24, 2.45) is 0 Å². The van der Waals surface area contributed by atoms with Gasteiger partial charge in [-0.1, -0.05) is 11.3 Å². The van der Waals surface area contributed by atoms with E-state index in [4.69, 9.17) is 0 Å². The van der Waals surface area contributed by atoms with Gasteiger partial charge in [-0.2, -0.15) is 4.98 Å². The van der Waals surface area contributed by atoms with Crippen LogP contribution in [-0.2, 0) is 0 Å². The SMILES string of the molecule is Cc1cc2sc3nc(=O)c4cccnc4n3c2cc1C. The van der Waals surface area contributed by atoms with Crippen molar-refractivity contribution in [3.8, 4) is 0 Å². The third-order valence-corrected chi connectivity index (χ3v) is 4.64. The van der Waals surface area contributed by atoms with E-state index in [1.165, 1.54) is 22.5 Å². The lowest BCUT2D eigenvalue weighted by atomic mass is 10.1. The van der Waals surface area contributed by atoms with Gasteiger partial charge in [0.2, 0.25) is 0 Å². The van der Waals surface area contributed by atoms with Gasteiger partial charge in [0.25, 0.3) is 5.56 Å². The van der Waals surface area contributed by atoms with E-state index in [1.807, 2.05) is 4.40 Å². The molecule has 98 valence electrons. The summed E-state index contributed by atoms with van der Waals surface area (Å²) >= 11 is 1.53. The molecule has 4 aromatic rings. The van der Waals surface area contributed by atoms with Gasteiger partial charge in [0, 0.05) is 6.20 Å². The number of pyridine rings is 1. The van der Waals surface area contributed by atoms with Gasteiger partial charge in [0.1, 0.15) is 0 Å². The number of hydrogen-bond acceptors (Lipinski definition) is 4. The van der Waals surface area contributed by atoms with E-state index in [9.17, 15) is 4.79 Å². The molecule has 0 saturated carbocycles. The van der Waals surface area contributed by atoms with Crippen LogP contribution >= 0.6 is 11.3 Å². The Labute approximate surface area is 118 Å². The molecule has 0 aliphatic heterocycles. The van der Waals surface area contributed by atoms with Crippen LogP contribution in [-0.4, -0.2) is 14.4 Å². The molecular weight excluding hydrogens is 270 g/mol. The molecule has 0 radical (unpaired) electrons. The summed E-state index contributed by atoms with van der Waals surface area (Å²) in [4.78, 5) is 21.3. The molecule has 0 N–H and O–H groups in total. The molecule has 3 aromatic heterocycles. The average Bonchev–Trinajstić information content (AvgIpc) is 2.77. The largest absolute Gasteiger partial charge is 0.283 e. The zero-order valence-corrected chi connectivity index (χ0v) is 11.9. The molecule has 20 heavy (non-hydrogen) atoms. The van der Waals surface area contributed by atoms with Crippen molar-refractivity contribution < 1.29 is 0 Å². The molecule has 5 heteroatoms. The second-order valence-electron chi connectivity index (χ2n) is 4.92. The predicted molar refractivity (Wildman–Crippen MR) is 81.6 cm³/mol. The number of fused-ring (bicyclic) bond motifs is 5. The number of thiazole rings is 1. The first-order valence-corrected chi connectivity index (χ1v) is 7.14. The van der Waals surface area contributed by atoms with E-state index in [0.717, 1.165) is 10.2 Å². The highest BCUT2D eigenvalue weighted by molar-refractivity contribution is 7.23. The van der Waals surface area contributed by atoms with Crippen LogP contribution in [0.1, 0.15) is 11.1 Å². The van der Waals surface area contributed by atoms with Crippen LogP contribution in [0.5, 0.6) is 0 Å². The Morgan fingerprint density at radius 3 is 2.85 bits per heavy atom. The molecular formula is C15H11N3OS. The number of aromatic nitrogens is 3. The number of nitrogens with zero attached hydrogens (tertiary/aromatic N) is 3. The summed E-state index contributed by atoms with van der Waals surface area (Å²) in [5, 5.41) is 0.558. The number of rotatable bonds is 0. The van der Waals surface area contributed by atoms with Gasteiger partial charge in [-0.25, -0.2) is 4.98 Å². The quantitative estimate of drug-likeness (QED) is 0.497. The lowest BCUT2D eigenvalue weighted by Gasteiger charge is -2.03. The monoisotopic (exact) mass is 281 g/mol. The van der Waals surface area contributed by atoms with Crippen LogP contribution in [0.4, 0.5) is 0 Å². The molecule has 1 aromatic carbocycles. The highest BCUT2D eigenvalue weighted by Crippen LogP contribution is 2.29. The Morgan fingerprint density at radius 1 is 1.20 bits per heavy atom. The van der Waals surface area contributed by atoms with Crippen molar-refractivity contribution in [2.75, 3.05) is 0 Å². The van der Waals surface area contributed by atoms with Gasteiger partial charge in [0.05, 0.1) is 15.6 Å². The van der Waals surface area contributed by atoms with Crippen LogP contribution in [0.15, 0.2) is 35.3 Å². The molecule has 4 rings (SSSR count). The van der Waals surface area contributed by atoms with Gasteiger partial charge in [-0.15, -0.1) is 0 Å². The first-order valence-electron chi connectivity index (χ1n) is 6.32. The Balaban J connectivity index is 2.37.